The summed E-state index contributed by atoms with van der Waals surface area (Å²) in [5.41, 5.74) is 1.97. The Morgan fingerprint density at radius 1 is 1.04 bits per heavy atom. The van der Waals surface area contributed by atoms with Crippen LogP contribution >= 0.6 is 0 Å². The molecule has 0 bridgehead atoms. The Kier molecular flexibility index (Phi) is 6.11. The quantitative estimate of drug-likeness (QED) is 0.640. The second kappa shape index (κ2) is 8.71. The largest absolute Gasteiger partial charge is 0.423 e. The van der Waals surface area contributed by atoms with Gasteiger partial charge in [-0.1, -0.05) is 37.3 Å². The molecular formula is C22H25N3O3. The molecule has 0 spiro atoms. The van der Waals surface area contributed by atoms with Crippen LogP contribution in [-0.4, -0.2) is 48.5 Å². The second-order valence-electron chi connectivity index (χ2n) is 6.75. The molecule has 0 aliphatic heterocycles. The molecule has 28 heavy (non-hydrogen) atoms. The molecular weight excluding hydrogens is 354 g/mol. The number of aromatic nitrogens is 1. The molecule has 0 saturated heterocycles. The molecule has 3 aromatic rings. The first-order valence-corrected chi connectivity index (χ1v) is 9.35. The van der Waals surface area contributed by atoms with E-state index in [0.717, 1.165) is 16.6 Å². The van der Waals surface area contributed by atoms with Crippen LogP contribution in [0.2, 0.25) is 0 Å². The predicted molar refractivity (Wildman–Crippen MR) is 110 cm³/mol. The second-order valence-corrected chi connectivity index (χ2v) is 6.75. The number of nitrogens with one attached hydrogen (secondary N) is 1. The third-order valence-electron chi connectivity index (χ3n) is 4.41. The predicted octanol–water partition coefficient (Wildman–Crippen LogP) is 3.24. The van der Waals surface area contributed by atoms with Crippen LogP contribution in [-0.2, 0) is 4.79 Å². The van der Waals surface area contributed by atoms with Crippen LogP contribution in [0.15, 0.2) is 54.6 Å². The van der Waals surface area contributed by atoms with E-state index in [2.05, 4.69) is 5.32 Å². The summed E-state index contributed by atoms with van der Waals surface area (Å²) in [6, 6.07) is 17.2. The molecule has 0 unspecified atom stereocenters. The number of rotatable bonds is 7. The van der Waals surface area contributed by atoms with E-state index in [0.29, 0.717) is 24.5 Å². The highest BCUT2D eigenvalue weighted by Crippen LogP contribution is 2.36. The smallest absolute Gasteiger partial charge is 0.310 e. The minimum Gasteiger partial charge on any atom is -0.423 e. The molecule has 6 nitrogen and oxygen atoms in total. The molecule has 1 aromatic heterocycles. The van der Waals surface area contributed by atoms with E-state index in [1.54, 1.807) is 6.92 Å². The summed E-state index contributed by atoms with van der Waals surface area (Å²) in [5, 5.41) is 3.67. The lowest BCUT2D eigenvalue weighted by Gasteiger charge is -2.14. The van der Waals surface area contributed by atoms with Crippen LogP contribution < -0.4 is 10.1 Å². The molecule has 1 heterocycles. The number of hydrogen-bond acceptors (Lipinski definition) is 4. The van der Waals surface area contributed by atoms with Crippen molar-refractivity contribution in [3.05, 3.63) is 60.3 Å². The minimum absolute atomic E-state index is 0.229. The van der Waals surface area contributed by atoms with E-state index in [-0.39, 0.29) is 18.3 Å². The monoisotopic (exact) mass is 379 g/mol. The highest BCUT2D eigenvalue weighted by Gasteiger charge is 2.26. The molecule has 3 rings (SSSR count). The van der Waals surface area contributed by atoms with Gasteiger partial charge in [0.15, 0.2) is 11.4 Å². The number of carbonyl (C=O) groups excluding carboxylic acids is 2. The molecule has 1 amide bonds. The first-order chi connectivity index (χ1) is 13.5. The van der Waals surface area contributed by atoms with Gasteiger partial charge in [0.1, 0.15) is 0 Å². The lowest BCUT2D eigenvalue weighted by Crippen LogP contribution is -2.32. The third kappa shape index (κ3) is 4.07. The zero-order valence-corrected chi connectivity index (χ0v) is 16.4. The average molecular weight is 379 g/mol. The molecule has 0 aliphatic rings. The van der Waals surface area contributed by atoms with Gasteiger partial charge < -0.3 is 19.5 Å². The standard InChI is InChI=1S/C22H25N3O3/c1-4-19(26)28-21-17-12-8-9-13-18(17)25(16-10-6-5-7-11-16)20(21)22(27)23-14-15-24(2)3/h5-13H,4,14-15H2,1-3H3,(H,23,27). The van der Waals surface area contributed by atoms with Crippen molar-refractivity contribution in [1.82, 2.24) is 14.8 Å². The molecule has 6 heteroatoms. The SMILES string of the molecule is CCC(=O)Oc1c(C(=O)NCCN(C)C)n(-c2ccccc2)c2ccccc12. The highest BCUT2D eigenvalue weighted by atomic mass is 16.5. The summed E-state index contributed by atoms with van der Waals surface area (Å²) < 4.78 is 7.47. The summed E-state index contributed by atoms with van der Waals surface area (Å²) >= 11 is 0. The maximum absolute atomic E-state index is 13.1. The highest BCUT2D eigenvalue weighted by molar-refractivity contribution is 6.06. The first kappa shape index (κ1) is 19.6. The molecule has 0 radical (unpaired) electrons. The van der Waals surface area contributed by atoms with Gasteiger partial charge in [0, 0.05) is 30.6 Å². The summed E-state index contributed by atoms with van der Waals surface area (Å²) in [5.74, 6) is -0.354. The van der Waals surface area contributed by atoms with Crippen LogP contribution in [0.1, 0.15) is 23.8 Å². The van der Waals surface area contributed by atoms with Crippen LogP contribution in [0, 0.1) is 0 Å². The Bertz CT molecular complexity index is 977. The Labute approximate surface area is 164 Å². The first-order valence-electron chi connectivity index (χ1n) is 9.35. The van der Waals surface area contributed by atoms with Gasteiger partial charge in [0.25, 0.3) is 5.91 Å². The van der Waals surface area contributed by atoms with E-state index in [9.17, 15) is 9.59 Å². The van der Waals surface area contributed by atoms with E-state index >= 15 is 0 Å². The summed E-state index contributed by atoms with van der Waals surface area (Å²) in [6.07, 6.45) is 0.229. The van der Waals surface area contributed by atoms with Crippen molar-refractivity contribution >= 4 is 22.8 Å². The maximum atomic E-state index is 13.1. The van der Waals surface area contributed by atoms with Gasteiger partial charge in [-0.2, -0.15) is 0 Å². The van der Waals surface area contributed by atoms with Crippen molar-refractivity contribution in [1.29, 1.82) is 0 Å². The number of fused-ring (bicyclic) bond motifs is 1. The summed E-state index contributed by atoms with van der Waals surface area (Å²) in [7, 11) is 3.89. The Hall–Kier alpha value is -3.12. The Balaban J connectivity index is 2.18. The lowest BCUT2D eigenvalue weighted by molar-refractivity contribution is -0.133. The van der Waals surface area contributed by atoms with E-state index in [1.165, 1.54) is 0 Å². The van der Waals surface area contributed by atoms with Gasteiger partial charge in [-0.15, -0.1) is 0 Å². The number of esters is 1. The van der Waals surface area contributed by atoms with E-state index < -0.39 is 0 Å². The topological polar surface area (TPSA) is 63.6 Å². The van der Waals surface area contributed by atoms with Crippen LogP contribution in [0.4, 0.5) is 0 Å². The van der Waals surface area contributed by atoms with Gasteiger partial charge in [-0.3, -0.25) is 9.59 Å². The van der Waals surface area contributed by atoms with Crippen LogP contribution in [0.25, 0.3) is 16.6 Å². The normalized spacial score (nSPS) is 11.0. The van der Waals surface area contributed by atoms with Gasteiger partial charge in [0.05, 0.1) is 5.52 Å². The summed E-state index contributed by atoms with van der Waals surface area (Å²) in [4.78, 5) is 27.2. The van der Waals surface area contributed by atoms with E-state index in [4.69, 9.17) is 4.74 Å². The fraction of sp³-hybridized carbons (Fsp3) is 0.273. The Morgan fingerprint density at radius 3 is 2.39 bits per heavy atom. The molecule has 146 valence electrons. The van der Waals surface area contributed by atoms with Gasteiger partial charge in [-0.05, 0) is 38.4 Å². The zero-order valence-electron chi connectivity index (χ0n) is 16.4. The Morgan fingerprint density at radius 2 is 1.71 bits per heavy atom. The molecule has 1 N–H and O–H groups in total. The van der Waals surface area contributed by atoms with Crippen molar-refractivity contribution in [3.63, 3.8) is 0 Å². The molecule has 2 aromatic carbocycles. The average Bonchev–Trinajstić information content (AvgIpc) is 3.02. The third-order valence-corrected chi connectivity index (χ3v) is 4.41. The number of carbonyl (C=O) groups is 2. The lowest BCUT2D eigenvalue weighted by atomic mass is 10.2. The zero-order chi connectivity index (χ0) is 20.1. The van der Waals surface area contributed by atoms with Crippen LogP contribution in [0.3, 0.4) is 0 Å². The molecule has 0 fully saturated rings. The van der Waals surface area contributed by atoms with E-state index in [1.807, 2.05) is 78.2 Å². The number of likely N-dealkylation sites (N-methyl/N-ethyl adjacent to an activating group) is 1. The van der Waals surface area contributed by atoms with Crippen molar-refractivity contribution < 1.29 is 14.3 Å². The number of ether oxygens (including phenoxy) is 1. The summed E-state index contributed by atoms with van der Waals surface area (Å²) in [6.45, 7) is 2.93. The van der Waals surface area contributed by atoms with Gasteiger partial charge >= 0.3 is 5.97 Å². The fourth-order valence-corrected chi connectivity index (χ4v) is 3.03. The number of benzene rings is 2. The van der Waals surface area contributed by atoms with Crippen molar-refractivity contribution in [2.24, 2.45) is 0 Å². The number of amides is 1. The number of para-hydroxylation sites is 2. The number of nitrogens with zero attached hydrogens (tertiary/aromatic N) is 2. The van der Waals surface area contributed by atoms with Crippen molar-refractivity contribution in [2.45, 2.75) is 13.3 Å². The molecule has 0 atom stereocenters. The maximum Gasteiger partial charge on any atom is 0.310 e. The minimum atomic E-state index is -0.377. The molecule has 0 saturated carbocycles. The van der Waals surface area contributed by atoms with Gasteiger partial charge in [0.2, 0.25) is 0 Å². The van der Waals surface area contributed by atoms with Crippen molar-refractivity contribution in [2.75, 3.05) is 27.2 Å². The fourth-order valence-electron chi connectivity index (χ4n) is 3.03. The van der Waals surface area contributed by atoms with Crippen LogP contribution in [0.5, 0.6) is 5.75 Å². The number of hydrogen-bond donors (Lipinski definition) is 1. The van der Waals surface area contributed by atoms with Gasteiger partial charge in [-0.25, -0.2) is 0 Å². The molecule has 0 aliphatic carbocycles. The van der Waals surface area contributed by atoms with Crippen molar-refractivity contribution in [3.8, 4) is 11.4 Å².